The minimum atomic E-state index is -0.0881. The molecule has 0 aliphatic heterocycles. The second-order valence-electron chi connectivity index (χ2n) is 7.27. The Balaban J connectivity index is 1.50. The van der Waals surface area contributed by atoms with E-state index in [1.807, 2.05) is 43.6 Å². The monoisotopic (exact) mass is 398 g/mol. The largest absolute Gasteiger partial charge is 0.344 e. The number of amides is 2. The molecule has 3 rings (SSSR count). The van der Waals surface area contributed by atoms with Crippen molar-refractivity contribution in [3.8, 4) is 0 Å². The van der Waals surface area contributed by atoms with Gasteiger partial charge in [0, 0.05) is 4.90 Å². The normalized spacial score (nSPS) is 16.7. The van der Waals surface area contributed by atoms with Crippen LogP contribution >= 0.6 is 11.8 Å². The number of para-hydroxylation sites is 1. The zero-order chi connectivity index (χ0) is 19.9. The highest BCUT2D eigenvalue weighted by molar-refractivity contribution is 7.98. The molecule has 28 heavy (non-hydrogen) atoms. The lowest BCUT2D eigenvalue weighted by Gasteiger charge is -2.26. The number of likely N-dealkylation sites (N-methyl/N-ethyl adjacent to an activating group) is 1. The summed E-state index contributed by atoms with van der Waals surface area (Å²) in [5.74, 6) is -0.105. The van der Waals surface area contributed by atoms with Crippen molar-refractivity contribution in [1.29, 1.82) is 0 Å². The number of nitrogens with one attached hydrogen (secondary N) is 3. The maximum absolute atomic E-state index is 12.5. The predicted octanol–water partition coefficient (Wildman–Crippen LogP) is 2.06. The first kappa shape index (κ1) is 20.4. The topological polar surface area (TPSA) is 62.6 Å². The summed E-state index contributed by atoms with van der Waals surface area (Å²) in [5, 5.41) is 6.10. The fraction of sp³-hybridized carbons (Fsp3) is 0.364. The van der Waals surface area contributed by atoms with E-state index < -0.39 is 0 Å². The van der Waals surface area contributed by atoms with Crippen LogP contribution in [0.3, 0.4) is 0 Å². The minimum absolute atomic E-state index is 0.0171. The van der Waals surface area contributed by atoms with Crippen LogP contribution in [0.25, 0.3) is 0 Å². The molecule has 0 spiro atoms. The number of anilines is 1. The van der Waals surface area contributed by atoms with Crippen LogP contribution in [-0.2, 0) is 16.0 Å². The van der Waals surface area contributed by atoms with Crippen molar-refractivity contribution < 1.29 is 14.5 Å². The van der Waals surface area contributed by atoms with E-state index in [4.69, 9.17) is 0 Å². The number of thioether (sulfide) groups is 1. The van der Waals surface area contributed by atoms with Crippen molar-refractivity contribution in [2.24, 2.45) is 0 Å². The van der Waals surface area contributed by atoms with Crippen molar-refractivity contribution in [1.82, 2.24) is 5.32 Å². The summed E-state index contributed by atoms with van der Waals surface area (Å²) in [5.41, 5.74) is 3.37. The molecule has 3 N–H and O–H groups in total. The molecule has 0 saturated carbocycles. The fourth-order valence-corrected chi connectivity index (χ4v) is 4.26. The van der Waals surface area contributed by atoms with Gasteiger partial charge >= 0.3 is 0 Å². The molecule has 1 aliphatic rings. The van der Waals surface area contributed by atoms with Crippen molar-refractivity contribution >= 4 is 29.3 Å². The molecule has 2 amide bonds. The highest BCUT2D eigenvalue weighted by Crippen LogP contribution is 2.29. The molecular formula is C22H28N3O2S+. The van der Waals surface area contributed by atoms with E-state index in [-0.39, 0.29) is 30.9 Å². The summed E-state index contributed by atoms with van der Waals surface area (Å²) in [6, 6.07) is 16.1. The van der Waals surface area contributed by atoms with Crippen molar-refractivity contribution in [3.63, 3.8) is 0 Å². The molecular weight excluding hydrogens is 370 g/mol. The molecule has 2 atom stereocenters. The van der Waals surface area contributed by atoms with Crippen LogP contribution in [0.1, 0.15) is 30.0 Å². The van der Waals surface area contributed by atoms with Crippen LogP contribution in [0.15, 0.2) is 53.4 Å². The van der Waals surface area contributed by atoms with Gasteiger partial charge in [-0.05, 0) is 48.8 Å². The quantitative estimate of drug-likeness (QED) is 0.626. The number of quaternary nitrogens is 1. The number of hydrogen-bond donors (Lipinski definition) is 3. The van der Waals surface area contributed by atoms with Gasteiger partial charge in [0.05, 0.1) is 18.8 Å². The summed E-state index contributed by atoms with van der Waals surface area (Å²) in [4.78, 5) is 26.7. The minimum Gasteiger partial charge on any atom is -0.344 e. The zero-order valence-electron chi connectivity index (χ0n) is 16.5. The highest BCUT2D eigenvalue weighted by atomic mass is 32.2. The Hall–Kier alpha value is -2.31. The first-order valence-electron chi connectivity index (χ1n) is 9.68. The van der Waals surface area contributed by atoms with Gasteiger partial charge in [-0.25, -0.2) is 0 Å². The van der Waals surface area contributed by atoms with E-state index >= 15 is 0 Å². The van der Waals surface area contributed by atoms with Gasteiger partial charge in [-0.2, -0.15) is 0 Å². The SMILES string of the molecule is CSc1ccccc1NC(=O)C[NH+](C)CC(=O)N[C@H]1CCCc2ccccc21. The number of carbonyl (C=O) groups is 2. The molecule has 0 bridgehead atoms. The van der Waals surface area contributed by atoms with E-state index in [9.17, 15) is 9.59 Å². The van der Waals surface area contributed by atoms with Crippen LogP contribution in [0.5, 0.6) is 0 Å². The molecule has 0 aromatic heterocycles. The van der Waals surface area contributed by atoms with Gasteiger partial charge in [-0.3, -0.25) is 9.59 Å². The first-order chi connectivity index (χ1) is 13.6. The second kappa shape index (κ2) is 9.75. The third-order valence-corrected chi connectivity index (χ3v) is 5.81. The van der Waals surface area contributed by atoms with Crippen molar-refractivity contribution in [3.05, 3.63) is 59.7 Å². The lowest BCUT2D eigenvalue weighted by molar-refractivity contribution is -0.862. The highest BCUT2D eigenvalue weighted by Gasteiger charge is 2.23. The summed E-state index contributed by atoms with van der Waals surface area (Å²) in [7, 11) is 1.87. The second-order valence-corrected chi connectivity index (χ2v) is 8.12. The lowest BCUT2D eigenvalue weighted by atomic mass is 9.88. The van der Waals surface area contributed by atoms with Gasteiger partial charge in [-0.15, -0.1) is 11.8 Å². The van der Waals surface area contributed by atoms with E-state index in [0.29, 0.717) is 0 Å². The summed E-state index contributed by atoms with van der Waals surface area (Å²) >= 11 is 1.60. The molecule has 2 aromatic rings. The predicted molar refractivity (Wildman–Crippen MR) is 114 cm³/mol. The molecule has 148 valence electrons. The number of carbonyl (C=O) groups excluding carboxylic acids is 2. The summed E-state index contributed by atoms with van der Waals surface area (Å²) < 4.78 is 0. The lowest BCUT2D eigenvalue weighted by Crippen LogP contribution is -3.11. The molecule has 0 fully saturated rings. The first-order valence-corrected chi connectivity index (χ1v) is 10.9. The van der Waals surface area contributed by atoms with Gasteiger partial charge < -0.3 is 15.5 Å². The van der Waals surface area contributed by atoms with Gasteiger partial charge in [0.2, 0.25) is 0 Å². The molecule has 2 aromatic carbocycles. The standard InChI is InChI=1S/C22H27N3O2S/c1-25(15-22(27)24-19-11-5-6-13-20(19)28-2)14-21(26)23-18-12-7-9-16-8-3-4-10-17(16)18/h3-6,8,10-11,13,18H,7,9,12,14-15H2,1-2H3,(H,23,26)(H,24,27)/p+1/t18-/m0/s1. The smallest absolute Gasteiger partial charge is 0.279 e. The molecule has 0 heterocycles. The Kier molecular flexibility index (Phi) is 7.12. The van der Waals surface area contributed by atoms with Gasteiger partial charge in [0.1, 0.15) is 0 Å². The number of aryl methyl sites for hydroxylation is 1. The van der Waals surface area contributed by atoms with Gasteiger partial charge in [-0.1, -0.05) is 36.4 Å². The number of rotatable bonds is 7. The molecule has 6 heteroatoms. The molecule has 1 unspecified atom stereocenters. The van der Waals surface area contributed by atoms with Crippen LogP contribution < -0.4 is 15.5 Å². The Labute approximate surface area is 170 Å². The third-order valence-electron chi connectivity index (χ3n) is 5.01. The zero-order valence-corrected chi connectivity index (χ0v) is 17.3. The van der Waals surface area contributed by atoms with Crippen molar-refractivity contribution in [2.45, 2.75) is 30.2 Å². The van der Waals surface area contributed by atoms with Crippen LogP contribution in [-0.4, -0.2) is 38.2 Å². The van der Waals surface area contributed by atoms with E-state index in [2.05, 4.69) is 28.8 Å². The van der Waals surface area contributed by atoms with Crippen molar-refractivity contribution in [2.75, 3.05) is 31.7 Å². The Bertz CT molecular complexity index is 840. The summed E-state index contributed by atoms with van der Waals surface area (Å²) in [6.45, 7) is 0.521. The maximum atomic E-state index is 12.5. The molecule has 0 saturated heterocycles. The Morgan fingerprint density at radius 2 is 1.79 bits per heavy atom. The third kappa shape index (κ3) is 5.36. The Morgan fingerprint density at radius 1 is 1.07 bits per heavy atom. The van der Waals surface area contributed by atoms with Crippen LogP contribution in [0, 0.1) is 0 Å². The average Bonchev–Trinajstić information content (AvgIpc) is 2.68. The van der Waals surface area contributed by atoms with E-state index in [1.165, 1.54) is 11.1 Å². The number of benzene rings is 2. The molecule has 1 aliphatic carbocycles. The maximum Gasteiger partial charge on any atom is 0.279 e. The van der Waals surface area contributed by atoms with E-state index in [0.717, 1.165) is 34.7 Å². The average molecular weight is 399 g/mol. The van der Waals surface area contributed by atoms with Gasteiger partial charge in [0.15, 0.2) is 13.1 Å². The van der Waals surface area contributed by atoms with Gasteiger partial charge in [0.25, 0.3) is 11.8 Å². The Morgan fingerprint density at radius 3 is 2.61 bits per heavy atom. The van der Waals surface area contributed by atoms with Crippen LogP contribution in [0.2, 0.25) is 0 Å². The summed E-state index contributed by atoms with van der Waals surface area (Å²) in [6.07, 6.45) is 5.11. The van der Waals surface area contributed by atoms with Crippen LogP contribution in [0.4, 0.5) is 5.69 Å². The number of fused-ring (bicyclic) bond motifs is 1. The number of hydrogen-bond acceptors (Lipinski definition) is 3. The molecule has 5 nitrogen and oxygen atoms in total. The fourth-order valence-electron chi connectivity index (χ4n) is 3.70. The van der Waals surface area contributed by atoms with E-state index in [1.54, 1.807) is 11.8 Å². The molecule has 0 radical (unpaired) electrons.